The first-order valence-electron chi connectivity index (χ1n) is 3.83. The van der Waals surface area contributed by atoms with Gasteiger partial charge >= 0.3 is 0 Å². The molecule has 0 fully saturated rings. The molecular weight excluding hydrogens is 124 g/mol. The zero-order chi connectivity index (χ0) is 7.98. The molecule has 2 heteroatoms. The number of hydrogen-bond donors (Lipinski definition) is 1. The number of aromatic nitrogens is 2. The monoisotopic (exact) mass is 140 g/mol. The van der Waals surface area contributed by atoms with Crippen LogP contribution in [0.3, 0.4) is 0 Å². The van der Waals surface area contributed by atoms with Gasteiger partial charge < -0.3 is 4.98 Å². The molecule has 0 amide bonds. The second kappa shape index (κ2) is 5.03. The number of aryl methyl sites for hydroxylation is 2. The molecule has 1 rings (SSSR count). The summed E-state index contributed by atoms with van der Waals surface area (Å²) in [4.78, 5) is 7.19. The van der Waals surface area contributed by atoms with Gasteiger partial charge in [0.15, 0.2) is 0 Å². The Hall–Kier alpha value is -0.790. The van der Waals surface area contributed by atoms with Crippen molar-refractivity contribution in [1.29, 1.82) is 0 Å². The van der Waals surface area contributed by atoms with Crippen LogP contribution in [-0.2, 0) is 6.42 Å². The number of nitrogens with one attached hydrogen (secondary N) is 1. The first-order chi connectivity index (χ1) is 4.83. The van der Waals surface area contributed by atoms with Crippen LogP contribution in [-0.4, -0.2) is 9.97 Å². The minimum Gasteiger partial charge on any atom is -0.346 e. The Morgan fingerprint density at radius 1 is 1.50 bits per heavy atom. The second-order valence-electron chi connectivity index (χ2n) is 1.87. The van der Waals surface area contributed by atoms with Gasteiger partial charge in [-0.15, -0.1) is 0 Å². The van der Waals surface area contributed by atoms with E-state index in [1.165, 1.54) is 0 Å². The minimum absolute atomic E-state index is 0.994. The van der Waals surface area contributed by atoms with E-state index in [0.29, 0.717) is 0 Å². The van der Waals surface area contributed by atoms with Crippen LogP contribution in [0.5, 0.6) is 0 Å². The van der Waals surface area contributed by atoms with Crippen LogP contribution in [0.15, 0.2) is 6.20 Å². The number of H-pyrrole nitrogens is 1. The second-order valence-corrected chi connectivity index (χ2v) is 1.87. The largest absolute Gasteiger partial charge is 0.346 e. The summed E-state index contributed by atoms with van der Waals surface area (Å²) in [6, 6.07) is 0. The third-order valence-corrected chi connectivity index (χ3v) is 1.09. The standard InChI is InChI=1S/C6H10N2.C2H6/c1-3-6-7-4-5(2)8-6;1-2/h4H,3H2,1-2H3,(H,7,8);1-2H3. The van der Waals surface area contributed by atoms with Crippen molar-refractivity contribution in [2.75, 3.05) is 0 Å². The van der Waals surface area contributed by atoms with Gasteiger partial charge in [0.2, 0.25) is 0 Å². The lowest BCUT2D eigenvalue weighted by molar-refractivity contribution is 0.982. The van der Waals surface area contributed by atoms with Gasteiger partial charge in [0.25, 0.3) is 0 Å². The fraction of sp³-hybridized carbons (Fsp3) is 0.625. The maximum Gasteiger partial charge on any atom is 0.105 e. The third-order valence-electron chi connectivity index (χ3n) is 1.09. The number of nitrogens with zero attached hydrogens (tertiary/aromatic N) is 1. The van der Waals surface area contributed by atoms with E-state index in [1.807, 2.05) is 27.0 Å². The van der Waals surface area contributed by atoms with Gasteiger partial charge in [-0.1, -0.05) is 20.8 Å². The Kier molecular flexibility index (Phi) is 4.63. The summed E-state index contributed by atoms with van der Waals surface area (Å²) >= 11 is 0. The summed E-state index contributed by atoms with van der Waals surface area (Å²) in [5.41, 5.74) is 1.14. The SMILES string of the molecule is CC.CCc1ncc(C)[nH]1. The van der Waals surface area contributed by atoms with Crippen LogP contribution >= 0.6 is 0 Å². The van der Waals surface area contributed by atoms with Crippen molar-refractivity contribution in [1.82, 2.24) is 9.97 Å². The average molecular weight is 140 g/mol. The summed E-state index contributed by atoms with van der Waals surface area (Å²) in [6.45, 7) is 8.09. The van der Waals surface area contributed by atoms with Gasteiger partial charge in [-0.25, -0.2) is 4.98 Å². The normalized spacial score (nSPS) is 8.40. The highest BCUT2D eigenvalue weighted by molar-refractivity contribution is 4.97. The fourth-order valence-electron chi connectivity index (χ4n) is 0.647. The van der Waals surface area contributed by atoms with Crippen LogP contribution in [0.2, 0.25) is 0 Å². The van der Waals surface area contributed by atoms with Gasteiger partial charge in [-0.2, -0.15) is 0 Å². The van der Waals surface area contributed by atoms with Crippen molar-refractivity contribution >= 4 is 0 Å². The van der Waals surface area contributed by atoms with Gasteiger partial charge in [0.05, 0.1) is 0 Å². The van der Waals surface area contributed by atoms with Crippen molar-refractivity contribution in [2.24, 2.45) is 0 Å². The number of rotatable bonds is 1. The van der Waals surface area contributed by atoms with E-state index < -0.39 is 0 Å². The molecule has 1 heterocycles. The molecule has 0 spiro atoms. The minimum atomic E-state index is 0.994. The summed E-state index contributed by atoms with van der Waals surface area (Å²) in [5.74, 6) is 1.07. The molecule has 1 N–H and O–H groups in total. The molecule has 1 aromatic rings. The highest BCUT2D eigenvalue weighted by atomic mass is 14.9. The molecule has 0 aliphatic heterocycles. The van der Waals surface area contributed by atoms with Gasteiger partial charge in [-0.05, 0) is 6.92 Å². The molecule has 0 aromatic carbocycles. The highest BCUT2D eigenvalue weighted by Gasteiger charge is 1.89. The first kappa shape index (κ1) is 9.21. The Morgan fingerprint density at radius 3 is 2.30 bits per heavy atom. The van der Waals surface area contributed by atoms with Crippen LogP contribution in [0.25, 0.3) is 0 Å². The van der Waals surface area contributed by atoms with E-state index in [4.69, 9.17) is 0 Å². The average Bonchev–Trinajstić information content (AvgIpc) is 2.40. The molecule has 2 nitrogen and oxygen atoms in total. The van der Waals surface area contributed by atoms with E-state index in [-0.39, 0.29) is 0 Å². The molecule has 0 saturated heterocycles. The quantitative estimate of drug-likeness (QED) is 0.637. The van der Waals surface area contributed by atoms with Crippen LogP contribution in [0.4, 0.5) is 0 Å². The third kappa shape index (κ3) is 2.67. The summed E-state index contributed by atoms with van der Waals surface area (Å²) in [7, 11) is 0. The van der Waals surface area contributed by atoms with Crippen molar-refractivity contribution in [3.63, 3.8) is 0 Å². The highest BCUT2D eigenvalue weighted by Crippen LogP contribution is 1.93. The molecule has 10 heavy (non-hydrogen) atoms. The van der Waals surface area contributed by atoms with Crippen molar-refractivity contribution in [2.45, 2.75) is 34.1 Å². The zero-order valence-corrected chi connectivity index (χ0v) is 7.23. The number of imidazole rings is 1. The number of aromatic amines is 1. The lowest BCUT2D eigenvalue weighted by Gasteiger charge is -1.82. The maximum absolute atomic E-state index is 4.08. The van der Waals surface area contributed by atoms with E-state index >= 15 is 0 Å². The van der Waals surface area contributed by atoms with Gasteiger partial charge in [0, 0.05) is 18.3 Å². The molecule has 58 valence electrons. The predicted molar refractivity (Wildman–Crippen MR) is 44.1 cm³/mol. The summed E-state index contributed by atoms with van der Waals surface area (Å²) in [6.07, 6.45) is 2.84. The van der Waals surface area contributed by atoms with E-state index in [1.54, 1.807) is 0 Å². The van der Waals surface area contributed by atoms with Gasteiger partial charge in [-0.3, -0.25) is 0 Å². The van der Waals surface area contributed by atoms with Crippen molar-refractivity contribution < 1.29 is 0 Å². The summed E-state index contributed by atoms with van der Waals surface area (Å²) < 4.78 is 0. The molecule has 0 aliphatic rings. The number of hydrogen-bond acceptors (Lipinski definition) is 1. The van der Waals surface area contributed by atoms with Crippen LogP contribution in [0, 0.1) is 6.92 Å². The molecule has 1 aromatic heterocycles. The Bertz CT molecular complexity index is 168. The molecule has 0 atom stereocenters. The van der Waals surface area contributed by atoms with Crippen molar-refractivity contribution in [3.05, 3.63) is 17.7 Å². The molecule has 0 radical (unpaired) electrons. The van der Waals surface area contributed by atoms with E-state index in [2.05, 4.69) is 16.9 Å². The molecule has 0 unspecified atom stereocenters. The predicted octanol–water partition coefficient (Wildman–Crippen LogP) is 2.31. The molecular formula is C8H16N2. The fourth-order valence-corrected chi connectivity index (χ4v) is 0.647. The Morgan fingerprint density at radius 2 is 2.10 bits per heavy atom. The first-order valence-corrected chi connectivity index (χ1v) is 3.83. The lowest BCUT2D eigenvalue weighted by atomic mass is 10.5. The van der Waals surface area contributed by atoms with E-state index in [9.17, 15) is 0 Å². The molecule has 0 bridgehead atoms. The summed E-state index contributed by atoms with van der Waals surface area (Å²) in [5, 5.41) is 0. The topological polar surface area (TPSA) is 28.7 Å². The Labute approximate surface area is 62.7 Å². The van der Waals surface area contributed by atoms with Crippen LogP contribution < -0.4 is 0 Å². The maximum atomic E-state index is 4.08. The lowest BCUT2D eigenvalue weighted by Crippen LogP contribution is -1.80. The Balaban J connectivity index is 0.000000371. The molecule has 0 aliphatic carbocycles. The van der Waals surface area contributed by atoms with Gasteiger partial charge in [0.1, 0.15) is 5.82 Å². The van der Waals surface area contributed by atoms with Crippen molar-refractivity contribution in [3.8, 4) is 0 Å². The zero-order valence-electron chi connectivity index (χ0n) is 7.23. The van der Waals surface area contributed by atoms with E-state index in [0.717, 1.165) is 17.9 Å². The van der Waals surface area contributed by atoms with Crippen LogP contribution in [0.1, 0.15) is 32.3 Å². The molecule has 0 saturated carbocycles. The smallest absolute Gasteiger partial charge is 0.105 e.